The summed E-state index contributed by atoms with van der Waals surface area (Å²) in [6.45, 7) is 0.360. The van der Waals surface area contributed by atoms with Gasteiger partial charge in [0.25, 0.3) is 5.56 Å². The minimum absolute atomic E-state index is 0.159. The van der Waals surface area contributed by atoms with Gasteiger partial charge in [-0.25, -0.2) is 4.98 Å². The highest BCUT2D eigenvalue weighted by atomic mass is 79.9. The summed E-state index contributed by atoms with van der Waals surface area (Å²) in [5.41, 5.74) is 1.57. The fraction of sp³-hybridized carbons (Fsp3) is 0.214. The maximum absolute atomic E-state index is 11.9. The van der Waals surface area contributed by atoms with E-state index in [0.29, 0.717) is 11.0 Å². The lowest BCUT2D eigenvalue weighted by Crippen LogP contribution is -2.22. The zero-order valence-corrected chi connectivity index (χ0v) is 12.5. The first-order valence-electron chi connectivity index (χ1n) is 5.95. The van der Waals surface area contributed by atoms with E-state index < -0.39 is 0 Å². The average Bonchev–Trinajstić information content (AvgIpc) is 2.45. The standard InChI is InChI=1S/C14H13BrN2O3/c1-20-13(18)6-10-4-2-3-5-11(10)8-17-9-16-7-12(15)14(17)19/h2-5,7,9H,6,8H2,1H3. The van der Waals surface area contributed by atoms with Crippen LogP contribution < -0.4 is 5.56 Å². The molecule has 0 unspecified atom stereocenters. The molecule has 0 amide bonds. The van der Waals surface area contributed by atoms with Gasteiger partial charge in [-0.1, -0.05) is 24.3 Å². The maximum Gasteiger partial charge on any atom is 0.309 e. The summed E-state index contributed by atoms with van der Waals surface area (Å²) in [7, 11) is 1.35. The first-order valence-corrected chi connectivity index (χ1v) is 6.74. The third-order valence-electron chi connectivity index (χ3n) is 2.88. The van der Waals surface area contributed by atoms with E-state index in [1.54, 1.807) is 0 Å². The van der Waals surface area contributed by atoms with Crippen molar-refractivity contribution >= 4 is 21.9 Å². The number of nitrogens with zero attached hydrogens (tertiary/aromatic N) is 2. The Morgan fingerprint density at radius 3 is 2.75 bits per heavy atom. The molecule has 0 atom stereocenters. The second-order valence-electron chi connectivity index (χ2n) is 4.20. The number of rotatable bonds is 4. The highest BCUT2D eigenvalue weighted by Gasteiger charge is 2.09. The second-order valence-corrected chi connectivity index (χ2v) is 5.05. The van der Waals surface area contributed by atoms with Crippen LogP contribution >= 0.6 is 15.9 Å². The topological polar surface area (TPSA) is 61.2 Å². The highest BCUT2D eigenvalue weighted by molar-refractivity contribution is 9.10. The molecular formula is C14H13BrN2O3. The van der Waals surface area contributed by atoms with Crippen LogP contribution in [0.4, 0.5) is 0 Å². The second kappa shape index (κ2) is 6.47. The lowest BCUT2D eigenvalue weighted by Gasteiger charge is -2.10. The van der Waals surface area contributed by atoms with Crippen LogP contribution in [0.5, 0.6) is 0 Å². The number of ether oxygens (including phenoxy) is 1. The molecular weight excluding hydrogens is 324 g/mol. The normalized spacial score (nSPS) is 10.3. The molecule has 0 aliphatic carbocycles. The molecule has 0 bridgehead atoms. The summed E-state index contributed by atoms with van der Waals surface area (Å²) < 4.78 is 6.57. The first-order chi connectivity index (χ1) is 9.61. The average molecular weight is 337 g/mol. The molecule has 20 heavy (non-hydrogen) atoms. The minimum Gasteiger partial charge on any atom is -0.469 e. The van der Waals surface area contributed by atoms with Gasteiger partial charge in [0.1, 0.15) is 4.47 Å². The molecule has 0 radical (unpaired) electrons. The van der Waals surface area contributed by atoms with Gasteiger partial charge in [-0.2, -0.15) is 0 Å². The molecule has 0 aliphatic heterocycles. The Balaban J connectivity index is 2.32. The number of hydrogen-bond acceptors (Lipinski definition) is 4. The van der Waals surface area contributed by atoms with Crippen molar-refractivity contribution in [2.24, 2.45) is 0 Å². The van der Waals surface area contributed by atoms with Crippen molar-refractivity contribution in [3.05, 3.63) is 62.7 Å². The maximum atomic E-state index is 11.9. The SMILES string of the molecule is COC(=O)Cc1ccccc1Cn1cncc(Br)c1=O. The number of carbonyl (C=O) groups excluding carboxylic acids is 1. The Kier molecular flexibility index (Phi) is 4.68. The highest BCUT2D eigenvalue weighted by Crippen LogP contribution is 2.11. The molecule has 0 spiro atoms. The number of benzene rings is 1. The van der Waals surface area contributed by atoms with Gasteiger partial charge >= 0.3 is 5.97 Å². The summed E-state index contributed by atoms with van der Waals surface area (Å²) in [6.07, 6.45) is 3.12. The Hall–Kier alpha value is -1.95. The largest absolute Gasteiger partial charge is 0.469 e. The number of halogens is 1. The molecule has 6 heteroatoms. The number of methoxy groups -OCH3 is 1. The monoisotopic (exact) mass is 336 g/mol. The van der Waals surface area contributed by atoms with E-state index in [0.717, 1.165) is 11.1 Å². The Labute approximate surface area is 124 Å². The molecule has 104 valence electrons. The van der Waals surface area contributed by atoms with Gasteiger partial charge in [0.05, 0.1) is 26.4 Å². The predicted molar refractivity (Wildman–Crippen MR) is 77.5 cm³/mol. The summed E-state index contributed by atoms with van der Waals surface area (Å²) in [5.74, 6) is -0.308. The van der Waals surface area contributed by atoms with Crippen molar-refractivity contribution in [1.82, 2.24) is 9.55 Å². The Morgan fingerprint density at radius 1 is 1.35 bits per heavy atom. The van der Waals surface area contributed by atoms with Gasteiger partial charge in [0, 0.05) is 6.20 Å². The Morgan fingerprint density at radius 2 is 2.05 bits per heavy atom. The van der Waals surface area contributed by atoms with Crippen LogP contribution in [0.2, 0.25) is 0 Å². The van der Waals surface area contributed by atoms with E-state index in [2.05, 4.69) is 25.7 Å². The van der Waals surface area contributed by atoms with Crippen LogP contribution in [0.15, 0.2) is 46.1 Å². The molecule has 2 aromatic rings. The summed E-state index contributed by atoms with van der Waals surface area (Å²) in [6, 6.07) is 7.45. The Bertz CT molecular complexity index is 682. The molecule has 1 aromatic heterocycles. The van der Waals surface area contributed by atoms with Crippen molar-refractivity contribution in [2.75, 3.05) is 7.11 Å². The number of carbonyl (C=O) groups is 1. The third kappa shape index (κ3) is 3.33. The summed E-state index contributed by atoms with van der Waals surface area (Å²) >= 11 is 3.16. The molecule has 2 rings (SSSR count). The number of aromatic nitrogens is 2. The van der Waals surface area contributed by atoms with Gasteiger partial charge < -0.3 is 4.74 Å². The molecule has 0 aliphatic rings. The van der Waals surface area contributed by atoms with Crippen LogP contribution in [0.25, 0.3) is 0 Å². The van der Waals surface area contributed by atoms with Gasteiger partial charge in [0.15, 0.2) is 0 Å². The fourth-order valence-corrected chi connectivity index (χ4v) is 2.18. The molecule has 0 saturated carbocycles. The molecule has 0 fully saturated rings. The van der Waals surface area contributed by atoms with Gasteiger partial charge in [-0.05, 0) is 27.1 Å². The van der Waals surface area contributed by atoms with Crippen molar-refractivity contribution in [3.63, 3.8) is 0 Å². The quantitative estimate of drug-likeness (QED) is 0.798. The van der Waals surface area contributed by atoms with Crippen LogP contribution in [0.3, 0.4) is 0 Å². The van der Waals surface area contributed by atoms with E-state index in [9.17, 15) is 9.59 Å². The van der Waals surface area contributed by atoms with E-state index in [4.69, 9.17) is 0 Å². The smallest absolute Gasteiger partial charge is 0.309 e. The third-order valence-corrected chi connectivity index (χ3v) is 3.42. The van der Waals surface area contributed by atoms with Crippen molar-refractivity contribution in [1.29, 1.82) is 0 Å². The minimum atomic E-state index is -0.308. The molecule has 0 N–H and O–H groups in total. The van der Waals surface area contributed by atoms with E-state index in [1.165, 1.54) is 24.2 Å². The van der Waals surface area contributed by atoms with E-state index >= 15 is 0 Å². The summed E-state index contributed by atoms with van der Waals surface area (Å²) in [4.78, 5) is 27.3. The van der Waals surface area contributed by atoms with Crippen molar-refractivity contribution in [2.45, 2.75) is 13.0 Å². The molecule has 1 heterocycles. The molecule has 0 saturated heterocycles. The first kappa shape index (κ1) is 14.5. The van der Waals surface area contributed by atoms with Gasteiger partial charge in [0.2, 0.25) is 0 Å². The fourth-order valence-electron chi connectivity index (χ4n) is 1.83. The van der Waals surface area contributed by atoms with Crippen molar-refractivity contribution in [3.8, 4) is 0 Å². The molecule has 1 aromatic carbocycles. The predicted octanol–water partition coefficient (Wildman–Crippen LogP) is 1.77. The van der Waals surface area contributed by atoms with Crippen molar-refractivity contribution < 1.29 is 9.53 Å². The van der Waals surface area contributed by atoms with E-state index in [-0.39, 0.29) is 17.9 Å². The van der Waals surface area contributed by atoms with E-state index in [1.807, 2.05) is 24.3 Å². The lowest BCUT2D eigenvalue weighted by molar-refractivity contribution is -0.139. The number of hydrogen-bond donors (Lipinski definition) is 0. The van der Waals surface area contributed by atoms with Crippen LogP contribution in [-0.2, 0) is 22.5 Å². The lowest BCUT2D eigenvalue weighted by atomic mass is 10.0. The van der Waals surface area contributed by atoms with Gasteiger partial charge in [-0.15, -0.1) is 0 Å². The zero-order valence-electron chi connectivity index (χ0n) is 10.9. The van der Waals surface area contributed by atoms with Gasteiger partial charge in [-0.3, -0.25) is 14.2 Å². The number of esters is 1. The van der Waals surface area contributed by atoms with Crippen LogP contribution in [-0.4, -0.2) is 22.6 Å². The zero-order chi connectivity index (χ0) is 14.5. The summed E-state index contributed by atoms with van der Waals surface area (Å²) in [5, 5.41) is 0. The van der Waals surface area contributed by atoms with Crippen LogP contribution in [0, 0.1) is 0 Å². The molecule has 5 nitrogen and oxygen atoms in total. The van der Waals surface area contributed by atoms with Crippen LogP contribution in [0.1, 0.15) is 11.1 Å².